The Bertz CT molecular complexity index is 537. The zero-order valence-electron chi connectivity index (χ0n) is 10.0. The van der Waals surface area contributed by atoms with Gasteiger partial charge in [0.05, 0.1) is 17.6 Å². The van der Waals surface area contributed by atoms with Crippen LogP contribution < -0.4 is 4.72 Å². The quantitative estimate of drug-likeness (QED) is 0.480. The van der Waals surface area contributed by atoms with Crippen molar-refractivity contribution in [3.8, 4) is 0 Å². The molecule has 0 aromatic heterocycles. The summed E-state index contributed by atoms with van der Waals surface area (Å²) >= 11 is 0. The van der Waals surface area contributed by atoms with Crippen molar-refractivity contribution in [1.29, 1.82) is 0 Å². The van der Waals surface area contributed by atoms with E-state index in [-0.39, 0.29) is 17.0 Å². The van der Waals surface area contributed by atoms with Crippen molar-refractivity contribution in [2.75, 3.05) is 13.7 Å². The molecule has 5 nitrogen and oxygen atoms in total. The van der Waals surface area contributed by atoms with Crippen LogP contribution in [-0.2, 0) is 14.8 Å². The lowest BCUT2D eigenvalue weighted by Crippen LogP contribution is -2.24. The maximum Gasteiger partial charge on any atom is 0.337 e. The number of methoxy groups -OCH3 is 1. The van der Waals surface area contributed by atoms with Gasteiger partial charge in [-0.1, -0.05) is 12.1 Å². The monoisotopic (exact) mass is 269 g/mol. The van der Waals surface area contributed by atoms with E-state index in [2.05, 4.69) is 16.0 Å². The number of benzene rings is 1. The Morgan fingerprint density at radius 3 is 2.83 bits per heavy atom. The molecule has 1 rings (SSSR count). The fraction of sp³-hybridized carbons (Fsp3) is 0.250. The molecule has 0 unspecified atom stereocenters. The minimum absolute atomic E-state index is 0.0365. The topological polar surface area (TPSA) is 72.5 Å². The number of nitrogens with one attached hydrogen (secondary N) is 1. The van der Waals surface area contributed by atoms with E-state index >= 15 is 0 Å². The van der Waals surface area contributed by atoms with Crippen molar-refractivity contribution in [3.63, 3.8) is 0 Å². The average Bonchev–Trinajstić information content (AvgIpc) is 2.38. The maximum absolute atomic E-state index is 11.9. The van der Waals surface area contributed by atoms with E-state index in [1.807, 2.05) is 0 Å². The third-order valence-corrected chi connectivity index (χ3v) is 3.66. The second-order valence-electron chi connectivity index (χ2n) is 3.49. The fourth-order valence-corrected chi connectivity index (χ4v) is 2.38. The minimum atomic E-state index is -3.60. The van der Waals surface area contributed by atoms with E-state index in [9.17, 15) is 13.2 Å². The van der Waals surface area contributed by atoms with Gasteiger partial charge in [-0.3, -0.25) is 0 Å². The van der Waals surface area contributed by atoms with Gasteiger partial charge in [-0.2, -0.15) is 0 Å². The zero-order chi connectivity index (χ0) is 13.6. The molecule has 1 aromatic rings. The standard InChI is InChI=1S/C12H15NO4S/c1-3-4-8-13-18(15,16)11-7-5-6-10(9-11)12(14)17-2/h3,5-7,9,13H,1,4,8H2,2H3. The van der Waals surface area contributed by atoms with Crippen LogP contribution >= 0.6 is 0 Å². The van der Waals surface area contributed by atoms with Crippen molar-refractivity contribution in [3.05, 3.63) is 42.5 Å². The summed E-state index contributed by atoms with van der Waals surface area (Å²) in [5.74, 6) is -0.571. The van der Waals surface area contributed by atoms with Gasteiger partial charge >= 0.3 is 5.97 Å². The largest absolute Gasteiger partial charge is 0.465 e. The van der Waals surface area contributed by atoms with E-state index in [0.717, 1.165) is 0 Å². The molecule has 18 heavy (non-hydrogen) atoms. The zero-order valence-corrected chi connectivity index (χ0v) is 10.9. The molecular formula is C12H15NO4S. The summed E-state index contributed by atoms with van der Waals surface area (Å²) in [5, 5.41) is 0. The highest BCUT2D eigenvalue weighted by Gasteiger charge is 2.15. The van der Waals surface area contributed by atoms with Gasteiger partial charge in [0.25, 0.3) is 0 Å². The molecule has 0 spiro atoms. The second kappa shape index (κ2) is 6.32. The molecule has 0 saturated carbocycles. The summed E-state index contributed by atoms with van der Waals surface area (Å²) < 4.78 is 30.7. The lowest BCUT2D eigenvalue weighted by atomic mass is 10.2. The van der Waals surface area contributed by atoms with Crippen LogP contribution in [0.2, 0.25) is 0 Å². The fourth-order valence-electron chi connectivity index (χ4n) is 1.29. The first-order chi connectivity index (χ1) is 8.51. The van der Waals surface area contributed by atoms with E-state index in [1.165, 1.54) is 31.4 Å². The van der Waals surface area contributed by atoms with Crippen LogP contribution in [0.25, 0.3) is 0 Å². The molecule has 1 aromatic carbocycles. The number of hydrogen-bond donors (Lipinski definition) is 1. The summed E-state index contributed by atoms with van der Waals surface area (Å²) in [6.45, 7) is 3.78. The second-order valence-corrected chi connectivity index (χ2v) is 5.26. The van der Waals surface area contributed by atoms with Gasteiger partial charge in [0.2, 0.25) is 10.0 Å². The van der Waals surface area contributed by atoms with Gasteiger partial charge in [0.15, 0.2) is 0 Å². The molecule has 0 aliphatic carbocycles. The van der Waals surface area contributed by atoms with Crippen molar-refractivity contribution in [2.24, 2.45) is 0 Å². The lowest BCUT2D eigenvalue weighted by Gasteiger charge is -2.06. The summed E-state index contributed by atoms with van der Waals surface area (Å²) in [6.07, 6.45) is 2.16. The normalized spacial score (nSPS) is 10.9. The molecule has 0 fully saturated rings. The third kappa shape index (κ3) is 3.68. The van der Waals surface area contributed by atoms with Crippen LogP contribution in [0, 0.1) is 0 Å². The van der Waals surface area contributed by atoms with Gasteiger partial charge in [-0.15, -0.1) is 6.58 Å². The Kier molecular flexibility index (Phi) is 5.06. The van der Waals surface area contributed by atoms with Crippen LogP contribution in [0.1, 0.15) is 16.8 Å². The van der Waals surface area contributed by atoms with Crippen molar-refractivity contribution >= 4 is 16.0 Å². The Labute approximate surface area is 107 Å². The molecular weight excluding hydrogens is 254 g/mol. The molecule has 0 amide bonds. The van der Waals surface area contributed by atoms with E-state index < -0.39 is 16.0 Å². The van der Waals surface area contributed by atoms with E-state index in [0.29, 0.717) is 6.42 Å². The summed E-state index contributed by atoms with van der Waals surface area (Å²) in [5.41, 5.74) is 0.198. The smallest absolute Gasteiger partial charge is 0.337 e. The number of sulfonamides is 1. The lowest BCUT2D eigenvalue weighted by molar-refractivity contribution is 0.0600. The molecule has 0 atom stereocenters. The highest BCUT2D eigenvalue weighted by molar-refractivity contribution is 7.89. The molecule has 0 aliphatic heterocycles. The van der Waals surface area contributed by atoms with Gasteiger partial charge in [0, 0.05) is 6.54 Å². The Morgan fingerprint density at radius 2 is 2.22 bits per heavy atom. The first kappa shape index (κ1) is 14.4. The van der Waals surface area contributed by atoms with Crippen LogP contribution in [0.3, 0.4) is 0 Å². The van der Waals surface area contributed by atoms with Gasteiger partial charge < -0.3 is 4.74 Å². The maximum atomic E-state index is 11.9. The van der Waals surface area contributed by atoms with Crippen LogP contribution in [-0.4, -0.2) is 28.0 Å². The summed E-state index contributed by atoms with van der Waals surface area (Å²) in [6, 6.07) is 5.69. The molecule has 0 saturated heterocycles. The van der Waals surface area contributed by atoms with Crippen molar-refractivity contribution in [2.45, 2.75) is 11.3 Å². The highest BCUT2D eigenvalue weighted by Crippen LogP contribution is 2.12. The predicted molar refractivity (Wildman–Crippen MR) is 67.8 cm³/mol. The average molecular weight is 269 g/mol. The van der Waals surface area contributed by atoms with Crippen LogP contribution in [0.5, 0.6) is 0 Å². The van der Waals surface area contributed by atoms with Crippen LogP contribution in [0.4, 0.5) is 0 Å². The number of rotatable bonds is 6. The number of hydrogen-bond acceptors (Lipinski definition) is 4. The highest BCUT2D eigenvalue weighted by atomic mass is 32.2. The van der Waals surface area contributed by atoms with Crippen molar-refractivity contribution in [1.82, 2.24) is 4.72 Å². The number of esters is 1. The first-order valence-electron chi connectivity index (χ1n) is 5.30. The number of carbonyl (C=O) groups is 1. The molecule has 0 aliphatic rings. The molecule has 0 bridgehead atoms. The SMILES string of the molecule is C=CCCNS(=O)(=O)c1cccc(C(=O)OC)c1. The molecule has 98 valence electrons. The Morgan fingerprint density at radius 1 is 1.50 bits per heavy atom. The minimum Gasteiger partial charge on any atom is -0.465 e. The number of carbonyl (C=O) groups excluding carboxylic acids is 1. The van der Waals surface area contributed by atoms with Gasteiger partial charge in [-0.25, -0.2) is 17.9 Å². The Hall–Kier alpha value is -1.66. The van der Waals surface area contributed by atoms with Gasteiger partial charge in [0.1, 0.15) is 0 Å². The van der Waals surface area contributed by atoms with Crippen LogP contribution in [0.15, 0.2) is 41.8 Å². The predicted octanol–water partition coefficient (Wildman–Crippen LogP) is 1.33. The molecule has 1 N–H and O–H groups in total. The van der Waals surface area contributed by atoms with Crippen molar-refractivity contribution < 1.29 is 17.9 Å². The molecule has 6 heteroatoms. The van der Waals surface area contributed by atoms with E-state index in [1.54, 1.807) is 6.08 Å². The van der Waals surface area contributed by atoms with Gasteiger partial charge in [-0.05, 0) is 24.6 Å². The Balaban J connectivity index is 2.95. The van der Waals surface area contributed by atoms with E-state index in [4.69, 9.17) is 0 Å². The molecule has 0 heterocycles. The third-order valence-electron chi connectivity index (χ3n) is 2.21. The summed E-state index contributed by atoms with van der Waals surface area (Å²) in [4.78, 5) is 11.3. The molecule has 0 radical (unpaired) electrons. The number of ether oxygens (including phenoxy) is 1. The summed E-state index contributed by atoms with van der Waals surface area (Å²) in [7, 11) is -2.36. The first-order valence-corrected chi connectivity index (χ1v) is 6.78.